The molecule has 1 aromatic heterocycles. The molecule has 6 nitrogen and oxygen atoms in total. The molecule has 0 saturated heterocycles. The molecule has 0 aromatic carbocycles. The Morgan fingerprint density at radius 3 is 2.57 bits per heavy atom. The van der Waals surface area contributed by atoms with Crippen molar-refractivity contribution in [2.75, 3.05) is 11.9 Å². The smallest absolute Gasteiger partial charge is 0.341 e. The third kappa shape index (κ3) is 5.55. The van der Waals surface area contributed by atoms with Gasteiger partial charge in [-0.25, -0.2) is 4.79 Å². The molecule has 0 aliphatic carbocycles. The van der Waals surface area contributed by atoms with Crippen molar-refractivity contribution in [3.8, 4) is 0 Å². The lowest BCUT2D eigenvalue weighted by atomic mass is 10.2. The quantitative estimate of drug-likeness (QED) is 0.731. The van der Waals surface area contributed by atoms with Crippen molar-refractivity contribution in [2.24, 2.45) is 0 Å². The highest BCUT2D eigenvalue weighted by Crippen LogP contribution is 2.30. The largest absolute Gasteiger partial charge is 0.550 e. The molecule has 0 atom stereocenters. The second-order valence-corrected chi connectivity index (χ2v) is 5.48. The Labute approximate surface area is 127 Å². The van der Waals surface area contributed by atoms with Crippen LogP contribution in [0.3, 0.4) is 0 Å². The summed E-state index contributed by atoms with van der Waals surface area (Å²) in [6.07, 6.45) is 1.17. The first-order valence-corrected chi connectivity index (χ1v) is 7.59. The van der Waals surface area contributed by atoms with Crippen LogP contribution in [0.5, 0.6) is 0 Å². The highest BCUT2D eigenvalue weighted by Gasteiger charge is 2.18. The fraction of sp³-hybridized carbons (Fsp3) is 0.500. The highest BCUT2D eigenvalue weighted by molar-refractivity contribution is 7.16. The van der Waals surface area contributed by atoms with E-state index < -0.39 is 17.8 Å². The van der Waals surface area contributed by atoms with Gasteiger partial charge in [0.15, 0.2) is 0 Å². The molecule has 0 bridgehead atoms. The van der Waals surface area contributed by atoms with Gasteiger partial charge in [-0.05, 0) is 25.8 Å². The molecule has 0 unspecified atom stereocenters. The summed E-state index contributed by atoms with van der Waals surface area (Å²) in [6, 6.07) is 1.71. The molecule has 0 spiro atoms. The third-order valence-electron chi connectivity index (χ3n) is 2.58. The fourth-order valence-electron chi connectivity index (χ4n) is 1.67. The molecular formula is C14H18NO5S-. The number of hydrogen-bond acceptors (Lipinski definition) is 6. The van der Waals surface area contributed by atoms with E-state index >= 15 is 0 Å². The molecule has 1 aromatic rings. The predicted molar refractivity (Wildman–Crippen MR) is 77.1 cm³/mol. The number of carboxylic acids is 1. The highest BCUT2D eigenvalue weighted by atomic mass is 32.1. The Morgan fingerprint density at radius 2 is 2.00 bits per heavy atom. The van der Waals surface area contributed by atoms with Crippen LogP contribution in [0.4, 0.5) is 5.00 Å². The van der Waals surface area contributed by atoms with Gasteiger partial charge in [-0.15, -0.1) is 11.3 Å². The summed E-state index contributed by atoms with van der Waals surface area (Å²) in [4.78, 5) is 34.8. The average molecular weight is 312 g/mol. The van der Waals surface area contributed by atoms with E-state index in [0.29, 0.717) is 10.6 Å². The number of carbonyl (C=O) groups excluding carboxylic acids is 3. The van der Waals surface area contributed by atoms with Gasteiger partial charge in [0.2, 0.25) is 5.91 Å². The maximum Gasteiger partial charge on any atom is 0.341 e. The van der Waals surface area contributed by atoms with Crippen LogP contribution in [0.2, 0.25) is 0 Å². The molecular weight excluding hydrogens is 294 g/mol. The third-order valence-corrected chi connectivity index (χ3v) is 3.69. The molecule has 1 N–H and O–H groups in total. The summed E-state index contributed by atoms with van der Waals surface area (Å²) in [5, 5.41) is 13.3. The van der Waals surface area contributed by atoms with Gasteiger partial charge >= 0.3 is 5.97 Å². The molecule has 1 rings (SSSR count). The summed E-state index contributed by atoms with van der Waals surface area (Å²) in [5.74, 6) is -2.24. The van der Waals surface area contributed by atoms with Gasteiger partial charge in [0.1, 0.15) is 5.00 Å². The van der Waals surface area contributed by atoms with E-state index in [0.717, 1.165) is 17.7 Å². The zero-order valence-electron chi connectivity index (χ0n) is 12.1. The maximum atomic E-state index is 11.9. The van der Waals surface area contributed by atoms with E-state index in [9.17, 15) is 19.5 Å². The fourth-order valence-corrected chi connectivity index (χ4v) is 2.83. The summed E-state index contributed by atoms with van der Waals surface area (Å²) >= 11 is 1.31. The normalized spacial score (nSPS) is 10.2. The minimum Gasteiger partial charge on any atom is -0.550 e. The number of esters is 1. The number of aryl methyl sites for hydroxylation is 1. The van der Waals surface area contributed by atoms with Crippen molar-refractivity contribution in [1.82, 2.24) is 0 Å². The first-order valence-electron chi connectivity index (χ1n) is 6.77. The standard InChI is InChI=1S/C14H19NO5S/c1-3-5-9-8-10(14(19)20-4-2)13(21-9)15-11(16)6-7-12(17)18/h8H,3-7H2,1-2H3,(H,15,16)(H,17,18)/p-1. The van der Waals surface area contributed by atoms with Crippen LogP contribution >= 0.6 is 11.3 Å². The zero-order chi connectivity index (χ0) is 15.8. The van der Waals surface area contributed by atoms with Gasteiger partial charge in [-0.3, -0.25) is 4.79 Å². The van der Waals surface area contributed by atoms with Crippen molar-refractivity contribution in [2.45, 2.75) is 39.5 Å². The first kappa shape index (κ1) is 17.2. The minimum atomic E-state index is -1.28. The number of hydrogen-bond donors (Lipinski definition) is 1. The monoisotopic (exact) mass is 312 g/mol. The van der Waals surface area contributed by atoms with Gasteiger partial charge in [-0.1, -0.05) is 13.3 Å². The van der Waals surface area contributed by atoms with Crippen LogP contribution in [0.1, 0.15) is 48.3 Å². The van der Waals surface area contributed by atoms with Crippen LogP contribution in [0, 0.1) is 0 Å². The summed E-state index contributed by atoms with van der Waals surface area (Å²) in [7, 11) is 0. The van der Waals surface area contributed by atoms with Gasteiger partial charge in [0.05, 0.1) is 12.2 Å². The molecule has 0 radical (unpaired) electrons. The number of amides is 1. The number of thiophene rings is 1. The summed E-state index contributed by atoms with van der Waals surface area (Å²) < 4.78 is 4.95. The molecule has 116 valence electrons. The molecule has 1 heterocycles. The molecule has 0 fully saturated rings. The number of nitrogens with one attached hydrogen (secondary N) is 1. The molecule has 0 aliphatic rings. The lowest BCUT2D eigenvalue weighted by Crippen LogP contribution is -2.24. The first-order chi connectivity index (χ1) is 9.97. The van der Waals surface area contributed by atoms with Crippen molar-refractivity contribution >= 4 is 34.2 Å². The van der Waals surface area contributed by atoms with Crippen LogP contribution in [0.15, 0.2) is 6.07 Å². The van der Waals surface area contributed by atoms with E-state index in [1.165, 1.54) is 11.3 Å². The van der Waals surface area contributed by atoms with Crippen molar-refractivity contribution < 1.29 is 24.2 Å². The average Bonchev–Trinajstić information content (AvgIpc) is 2.80. The Kier molecular flexibility index (Phi) is 6.87. The maximum absolute atomic E-state index is 11.9. The van der Waals surface area contributed by atoms with Crippen molar-refractivity contribution in [1.29, 1.82) is 0 Å². The molecule has 7 heteroatoms. The molecule has 21 heavy (non-hydrogen) atoms. The van der Waals surface area contributed by atoms with E-state index in [1.54, 1.807) is 13.0 Å². The Hall–Kier alpha value is -1.89. The number of rotatable bonds is 8. The number of carboxylic acid groups (broad SMARTS) is 1. The lowest BCUT2D eigenvalue weighted by Gasteiger charge is -2.06. The molecule has 1 amide bonds. The predicted octanol–water partition coefficient (Wildman–Crippen LogP) is 1.35. The number of ether oxygens (including phenoxy) is 1. The number of anilines is 1. The van der Waals surface area contributed by atoms with E-state index in [4.69, 9.17) is 4.74 Å². The number of carbonyl (C=O) groups is 3. The van der Waals surface area contributed by atoms with E-state index in [2.05, 4.69) is 5.32 Å². The summed E-state index contributed by atoms with van der Waals surface area (Å²) in [5.41, 5.74) is 0.312. The van der Waals surface area contributed by atoms with Crippen molar-refractivity contribution in [3.63, 3.8) is 0 Å². The van der Waals surface area contributed by atoms with Crippen molar-refractivity contribution in [3.05, 3.63) is 16.5 Å². The lowest BCUT2D eigenvalue weighted by molar-refractivity contribution is -0.305. The van der Waals surface area contributed by atoms with Gasteiger partial charge in [0, 0.05) is 17.3 Å². The van der Waals surface area contributed by atoms with Gasteiger partial charge in [0.25, 0.3) is 0 Å². The Morgan fingerprint density at radius 1 is 1.29 bits per heavy atom. The second-order valence-electron chi connectivity index (χ2n) is 4.35. The minimum absolute atomic E-state index is 0.189. The van der Waals surface area contributed by atoms with Gasteiger partial charge in [-0.2, -0.15) is 0 Å². The second kappa shape index (κ2) is 8.41. The Bertz CT molecular complexity index is 523. The van der Waals surface area contributed by atoms with Crippen LogP contribution in [0.25, 0.3) is 0 Å². The van der Waals surface area contributed by atoms with Crippen LogP contribution < -0.4 is 10.4 Å². The number of aliphatic carboxylic acids is 1. The van der Waals surface area contributed by atoms with Crippen LogP contribution in [-0.2, 0) is 20.7 Å². The SMILES string of the molecule is CCCc1cc(C(=O)OCC)c(NC(=O)CCC(=O)[O-])s1. The van der Waals surface area contributed by atoms with E-state index in [1.807, 2.05) is 6.92 Å². The zero-order valence-corrected chi connectivity index (χ0v) is 12.9. The Balaban J connectivity index is 2.84. The van der Waals surface area contributed by atoms with Crippen LogP contribution in [-0.4, -0.2) is 24.5 Å². The van der Waals surface area contributed by atoms with Gasteiger partial charge < -0.3 is 20.0 Å². The van der Waals surface area contributed by atoms with E-state index in [-0.39, 0.29) is 19.4 Å². The topological polar surface area (TPSA) is 95.5 Å². The molecule has 0 saturated carbocycles. The summed E-state index contributed by atoms with van der Waals surface area (Å²) in [6.45, 7) is 3.97. The molecule has 0 aliphatic heterocycles.